The number of benzene rings is 6. The van der Waals surface area contributed by atoms with Crippen LogP contribution in [0.5, 0.6) is 23.0 Å². The Hall–Kier alpha value is -9.29. The van der Waals surface area contributed by atoms with E-state index in [-0.39, 0.29) is 40.8 Å². The van der Waals surface area contributed by atoms with Crippen molar-refractivity contribution in [2.75, 3.05) is 38.8 Å². The molecule has 10 rings (SSSR count). The first kappa shape index (κ1) is 61.8. The zero-order valence-corrected chi connectivity index (χ0v) is 50.4. The van der Waals surface area contributed by atoms with Crippen molar-refractivity contribution >= 4 is 108 Å². The highest BCUT2D eigenvalue weighted by Gasteiger charge is 2.24. The van der Waals surface area contributed by atoms with Crippen LogP contribution in [0.25, 0.3) is 32.9 Å². The molecule has 0 radical (unpaired) electrons. The summed E-state index contributed by atoms with van der Waals surface area (Å²) in [5.74, 6) is 3.62. The molecule has 0 bridgehead atoms. The summed E-state index contributed by atoms with van der Waals surface area (Å²) in [5, 5.41) is 24.3. The molecule has 4 heterocycles. The number of ketones is 1. The minimum Gasteiger partial charge on any atom is -0.457 e. The zero-order valence-electron chi connectivity index (χ0n) is 48.1. The molecule has 0 aliphatic heterocycles. The number of nitrogen functional groups attached to an aromatic ring is 1. The second-order valence-corrected chi connectivity index (χ2v) is 22.7. The molecule has 436 valence electrons. The summed E-state index contributed by atoms with van der Waals surface area (Å²) in [6.45, 7) is 16.6. The molecule has 0 spiro atoms. The number of hydrogen-bond acceptors (Lipinski definition) is 11. The molecule has 0 aliphatic rings. The quantitative estimate of drug-likeness (QED) is 0.0509. The lowest BCUT2D eigenvalue weighted by molar-refractivity contribution is -0.116. The fraction of sp³-hybridized carbons (Fsp3) is 0.200. The van der Waals surface area contributed by atoms with Gasteiger partial charge in [0.05, 0.1) is 58.0 Å². The second-order valence-electron chi connectivity index (χ2n) is 21.7. The van der Waals surface area contributed by atoms with Crippen LogP contribution < -0.4 is 36.5 Å². The number of nitrogens with one attached hydrogen (secondary N) is 4. The monoisotopic (exact) mass is 1200 g/mol. The minimum absolute atomic E-state index is 0.0640. The highest BCUT2D eigenvalue weighted by Crippen LogP contribution is 2.37. The molecule has 4 amide bonds. The molecule has 6 aromatic carbocycles. The Balaban J connectivity index is 0.000000206. The topological polar surface area (TPSA) is 222 Å². The lowest BCUT2D eigenvalue weighted by Gasteiger charge is -2.14. The van der Waals surface area contributed by atoms with Crippen molar-refractivity contribution in [2.24, 2.45) is 0 Å². The van der Waals surface area contributed by atoms with Gasteiger partial charge >= 0.3 is 12.1 Å². The molecule has 0 atom stereocenters. The number of rotatable bonds is 14. The largest absolute Gasteiger partial charge is 0.457 e. The molecule has 4 aromatic heterocycles. The van der Waals surface area contributed by atoms with Gasteiger partial charge in [-0.25, -0.2) is 23.9 Å². The third-order valence-electron chi connectivity index (χ3n) is 12.9. The molecule has 0 unspecified atom stereocenters. The Morgan fingerprint density at radius 1 is 0.518 bits per heavy atom. The fourth-order valence-electron chi connectivity index (χ4n) is 8.53. The van der Waals surface area contributed by atoms with Crippen molar-refractivity contribution in [3.8, 4) is 34.4 Å². The number of amides is 4. The molecule has 0 aliphatic carbocycles. The van der Waals surface area contributed by atoms with Crippen LogP contribution in [-0.2, 0) is 26.8 Å². The van der Waals surface area contributed by atoms with E-state index < -0.39 is 11.3 Å². The summed E-state index contributed by atoms with van der Waals surface area (Å²) in [4.78, 5) is 56.0. The van der Waals surface area contributed by atoms with Crippen molar-refractivity contribution in [1.29, 1.82) is 0 Å². The van der Waals surface area contributed by atoms with Crippen LogP contribution in [0.2, 0.25) is 0 Å². The number of carbonyl (C=O) groups is 4. The van der Waals surface area contributed by atoms with Gasteiger partial charge in [-0.3, -0.25) is 25.2 Å². The number of ether oxygens (including phenoxy) is 2. The number of pyridine rings is 2. The zero-order chi connectivity index (χ0) is 61.0. The standard InChI is InChI=1S/C33H32ClN5O3.C30H30N6O2.C2H2Cl2O/c1-21-9-11-23(12-10-21)39-31(19-30(38-39)33(2,3)4)37-32(41)36-28-13-14-29(27-8-6-5-7-26(27)28)42-25-15-16-35-22(18-25)17-24(40)20-34;1-19-9-11-20(12-10-19)36-28(18-26(35-36)30(2,3)4)34-29(37)33-24-13-14-25(23-8-6-5-7-22(23)24)38-21-15-16-32-27(31)17-21;3-1-2(4)5/h5-16,18-19H,17,20H2,1-4H3,(H2,36,37,41);5-18H,1-4H3,(H2,31,32)(H2,33,34,37);1H2. The third-order valence-corrected chi connectivity index (χ3v) is 13.7. The summed E-state index contributed by atoms with van der Waals surface area (Å²) >= 11 is 15.2. The first-order valence-electron chi connectivity index (χ1n) is 26.9. The van der Waals surface area contributed by atoms with Crippen LogP contribution in [0.15, 0.2) is 170 Å². The van der Waals surface area contributed by atoms with Gasteiger partial charge in [0, 0.05) is 69.0 Å². The van der Waals surface area contributed by atoms with Crippen molar-refractivity contribution in [3.05, 3.63) is 198 Å². The predicted molar refractivity (Wildman–Crippen MR) is 341 cm³/mol. The average molecular weight is 1200 g/mol. The summed E-state index contributed by atoms with van der Waals surface area (Å²) in [7, 11) is 0. The van der Waals surface area contributed by atoms with Gasteiger partial charge in [-0.2, -0.15) is 10.2 Å². The van der Waals surface area contributed by atoms with E-state index >= 15 is 0 Å². The SMILES string of the molecule is Cc1ccc(-n2nc(C(C)(C)C)cc2NC(=O)Nc2ccc(Oc3ccnc(CC(=O)CCl)c3)c3ccccc23)cc1.Cc1ccc(-n2nc(C(C)(C)C)cc2NC(=O)Nc2ccc(Oc3ccnc(N)c3)c3ccccc23)cc1.O=C(Cl)CCl. The number of halogens is 3. The fourth-order valence-corrected chi connectivity index (χ4v) is 8.62. The first-order valence-corrected chi connectivity index (χ1v) is 28.4. The molecular formula is C65H64Cl3N11O6. The number of fused-ring (bicyclic) bond motifs is 2. The number of aryl methyl sites for hydroxylation is 2. The Labute approximate surface area is 507 Å². The molecule has 20 heteroatoms. The van der Waals surface area contributed by atoms with Gasteiger partial charge in [0.25, 0.3) is 0 Å². The van der Waals surface area contributed by atoms with E-state index in [2.05, 4.69) is 72.8 Å². The predicted octanol–water partition coefficient (Wildman–Crippen LogP) is 15.8. The summed E-state index contributed by atoms with van der Waals surface area (Å²) < 4.78 is 15.8. The number of urea groups is 2. The molecule has 85 heavy (non-hydrogen) atoms. The molecule has 17 nitrogen and oxygen atoms in total. The maximum atomic E-state index is 13.3. The van der Waals surface area contributed by atoms with Crippen molar-refractivity contribution < 1.29 is 28.7 Å². The lowest BCUT2D eigenvalue weighted by atomic mass is 9.92. The number of nitrogens with two attached hydrogens (primary N) is 1. The molecule has 0 saturated carbocycles. The molecule has 6 N–H and O–H groups in total. The van der Waals surface area contributed by atoms with Crippen LogP contribution in [-0.4, -0.2) is 64.4 Å². The van der Waals surface area contributed by atoms with Gasteiger partial charge in [-0.05, 0) is 86.1 Å². The van der Waals surface area contributed by atoms with Gasteiger partial charge < -0.3 is 25.8 Å². The normalized spacial score (nSPS) is 11.1. The molecule has 10 aromatic rings. The number of alkyl halides is 2. The highest BCUT2D eigenvalue weighted by atomic mass is 35.5. The summed E-state index contributed by atoms with van der Waals surface area (Å²) in [6, 6.07) is 48.5. The average Bonchev–Trinajstić information content (AvgIpc) is 3.47. The highest BCUT2D eigenvalue weighted by molar-refractivity contribution is 6.67. The molecule has 0 fully saturated rings. The van der Waals surface area contributed by atoms with Crippen LogP contribution in [0.4, 0.5) is 38.4 Å². The number of carbonyl (C=O) groups excluding carboxylic acids is 4. The number of hydrogen-bond donors (Lipinski definition) is 5. The molecular weight excluding hydrogens is 1140 g/mol. The van der Waals surface area contributed by atoms with Gasteiger partial charge in [0.2, 0.25) is 5.24 Å². The van der Waals surface area contributed by atoms with Gasteiger partial charge in [0.15, 0.2) is 5.78 Å². The van der Waals surface area contributed by atoms with Crippen molar-refractivity contribution in [3.63, 3.8) is 0 Å². The third kappa shape index (κ3) is 16.5. The minimum atomic E-state index is -0.508. The number of anilines is 5. The van der Waals surface area contributed by atoms with E-state index in [9.17, 15) is 19.2 Å². The van der Waals surface area contributed by atoms with E-state index in [0.717, 1.165) is 55.4 Å². The van der Waals surface area contributed by atoms with Gasteiger partial charge in [-0.1, -0.05) is 125 Å². The lowest BCUT2D eigenvalue weighted by Crippen LogP contribution is -2.21. The smallest absolute Gasteiger partial charge is 0.324 e. The Morgan fingerprint density at radius 2 is 0.929 bits per heavy atom. The van der Waals surface area contributed by atoms with E-state index in [1.54, 1.807) is 58.2 Å². The summed E-state index contributed by atoms with van der Waals surface area (Å²) in [5.41, 5.74) is 13.0. The van der Waals surface area contributed by atoms with Crippen molar-refractivity contribution in [1.82, 2.24) is 29.5 Å². The van der Waals surface area contributed by atoms with E-state index in [0.29, 0.717) is 57.5 Å². The van der Waals surface area contributed by atoms with Gasteiger partial charge in [0.1, 0.15) is 40.5 Å². The van der Waals surface area contributed by atoms with Crippen molar-refractivity contribution in [2.45, 2.75) is 72.6 Å². The second kappa shape index (κ2) is 27.4. The first-order chi connectivity index (χ1) is 40.5. The van der Waals surface area contributed by atoms with Crippen LogP contribution in [0, 0.1) is 13.8 Å². The number of aromatic nitrogens is 6. The molecule has 0 saturated heterocycles. The Kier molecular flexibility index (Phi) is 19.9. The maximum Gasteiger partial charge on any atom is 0.324 e. The van der Waals surface area contributed by atoms with E-state index in [4.69, 9.17) is 60.2 Å². The Bertz CT molecular complexity index is 4020. The number of Topliss-reactive ketones (excluding diaryl/α,β-unsaturated/α-hetero) is 1. The maximum absolute atomic E-state index is 13.3. The van der Waals surface area contributed by atoms with Crippen LogP contribution in [0.3, 0.4) is 0 Å². The van der Waals surface area contributed by atoms with Crippen LogP contribution >= 0.6 is 34.8 Å². The van der Waals surface area contributed by atoms with Crippen LogP contribution in [0.1, 0.15) is 69.8 Å². The number of nitrogens with zero attached hydrogens (tertiary/aromatic N) is 6. The van der Waals surface area contributed by atoms with E-state index in [1.807, 2.05) is 135 Å². The summed E-state index contributed by atoms with van der Waals surface area (Å²) in [6.07, 6.45) is 3.33. The van der Waals surface area contributed by atoms with Gasteiger partial charge in [-0.15, -0.1) is 23.2 Å². The van der Waals surface area contributed by atoms with E-state index in [1.165, 1.54) is 0 Å². The Morgan fingerprint density at radius 3 is 1.33 bits per heavy atom.